The molecule has 0 fully saturated rings. The van der Waals surface area contributed by atoms with Crippen LogP contribution < -0.4 is 5.32 Å². The lowest BCUT2D eigenvalue weighted by atomic mass is 10.2. The van der Waals surface area contributed by atoms with E-state index in [0.717, 1.165) is 11.1 Å². The van der Waals surface area contributed by atoms with Crippen molar-refractivity contribution >= 4 is 21.4 Å². The lowest BCUT2D eigenvalue weighted by Crippen LogP contribution is -2.28. The van der Waals surface area contributed by atoms with Gasteiger partial charge in [-0.2, -0.15) is 4.31 Å². The van der Waals surface area contributed by atoms with Crippen molar-refractivity contribution in [1.82, 2.24) is 14.6 Å². The minimum atomic E-state index is -3.40. The van der Waals surface area contributed by atoms with Crippen LogP contribution in [0.5, 0.6) is 0 Å². The predicted octanol–water partition coefficient (Wildman–Crippen LogP) is 1.73. The van der Waals surface area contributed by atoms with E-state index in [1.54, 1.807) is 25.5 Å². The highest BCUT2D eigenvalue weighted by molar-refractivity contribution is 7.91. The number of likely N-dealkylation sites (N-methyl/N-ethyl adjacent to an activating group) is 1. The van der Waals surface area contributed by atoms with Gasteiger partial charge in [-0.3, -0.25) is 4.98 Å². The molecule has 2 aromatic rings. The Morgan fingerprint density at radius 1 is 1.29 bits per heavy atom. The number of aromatic nitrogens is 1. The molecule has 2 rings (SSSR count). The van der Waals surface area contributed by atoms with Crippen molar-refractivity contribution in [1.29, 1.82) is 0 Å². The fourth-order valence-corrected chi connectivity index (χ4v) is 4.48. The zero-order valence-electron chi connectivity index (χ0n) is 12.1. The van der Waals surface area contributed by atoms with Gasteiger partial charge in [0.25, 0.3) is 10.0 Å². The summed E-state index contributed by atoms with van der Waals surface area (Å²) in [6.07, 6.45) is 4.10. The SMILES string of the molecule is CNCc1csc(S(=O)(=O)N(C)CCc2ccncc2)c1. The number of thiophene rings is 1. The molecule has 1 N–H and O–H groups in total. The van der Waals surface area contributed by atoms with E-state index in [0.29, 0.717) is 23.7 Å². The summed E-state index contributed by atoms with van der Waals surface area (Å²) in [5, 5.41) is 4.89. The Kier molecular flexibility index (Phi) is 5.46. The van der Waals surface area contributed by atoms with Crippen LogP contribution in [-0.4, -0.2) is 38.3 Å². The maximum atomic E-state index is 12.5. The molecule has 0 bridgehead atoms. The Balaban J connectivity index is 2.04. The van der Waals surface area contributed by atoms with E-state index in [1.807, 2.05) is 24.6 Å². The second-order valence-electron chi connectivity index (χ2n) is 4.74. The Morgan fingerprint density at radius 3 is 2.67 bits per heavy atom. The number of rotatable bonds is 7. The molecule has 2 aromatic heterocycles. The average Bonchev–Trinajstić information content (AvgIpc) is 2.95. The minimum absolute atomic E-state index is 0.393. The average molecular weight is 325 g/mol. The number of nitrogens with zero attached hydrogens (tertiary/aromatic N) is 2. The molecule has 0 aliphatic rings. The Hall–Kier alpha value is -1.28. The summed E-state index contributed by atoms with van der Waals surface area (Å²) in [7, 11) is 0.0608. The highest BCUT2D eigenvalue weighted by Crippen LogP contribution is 2.23. The second-order valence-corrected chi connectivity index (χ2v) is 7.92. The summed E-state index contributed by atoms with van der Waals surface area (Å²) in [5.74, 6) is 0. The molecule has 0 saturated carbocycles. The zero-order valence-corrected chi connectivity index (χ0v) is 13.7. The summed E-state index contributed by atoms with van der Waals surface area (Å²) >= 11 is 1.27. The van der Waals surface area contributed by atoms with Crippen molar-refractivity contribution < 1.29 is 8.42 Å². The molecule has 0 amide bonds. The summed E-state index contributed by atoms with van der Waals surface area (Å²) in [5.41, 5.74) is 2.07. The Labute approximate surface area is 129 Å². The molecule has 5 nitrogen and oxygen atoms in total. The number of hydrogen-bond acceptors (Lipinski definition) is 5. The van der Waals surface area contributed by atoms with Crippen molar-refractivity contribution in [3.63, 3.8) is 0 Å². The van der Waals surface area contributed by atoms with Gasteiger partial charge >= 0.3 is 0 Å². The molecule has 114 valence electrons. The predicted molar refractivity (Wildman–Crippen MR) is 84.8 cm³/mol. The monoisotopic (exact) mass is 325 g/mol. The highest BCUT2D eigenvalue weighted by Gasteiger charge is 2.22. The van der Waals surface area contributed by atoms with Gasteiger partial charge < -0.3 is 5.32 Å². The van der Waals surface area contributed by atoms with Gasteiger partial charge in [0, 0.05) is 32.5 Å². The van der Waals surface area contributed by atoms with Gasteiger partial charge in [0.2, 0.25) is 0 Å². The number of pyridine rings is 1. The van der Waals surface area contributed by atoms with Gasteiger partial charge in [0.1, 0.15) is 4.21 Å². The van der Waals surface area contributed by atoms with Crippen LogP contribution in [0.3, 0.4) is 0 Å². The standard InChI is InChI=1S/C14H19N3O2S2/c1-15-10-13-9-14(20-11-13)21(18,19)17(2)8-5-12-3-6-16-7-4-12/h3-4,6-7,9,11,15H,5,8,10H2,1-2H3. The highest BCUT2D eigenvalue weighted by atomic mass is 32.2. The minimum Gasteiger partial charge on any atom is -0.316 e. The van der Waals surface area contributed by atoms with E-state index in [9.17, 15) is 8.42 Å². The fraction of sp³-hybridized carbons (Fsp3) is 0.357. The molecule has 0 aromatic carbocycles. The molecular weight excluding hydrogens is 306 g/mol. The summed E-state index contributed by atoms with van der Waals surface area (Å²) in [4.78, 5) is 3.95. The maximum Gasteiger partial charge on any atom is 0.252 e. The molecule has 7 heteroatoms. The first-order valence-corrected chi connectivity index (χ1v) is 8.93. The quantitative estimate of drug-likeness (QED) is 0.842. The Morgan fingerprint density at radius 2 is 2.00 bits per heavy atom. The molecule has 0 saturated heterocycles. The normalized spacial score (nSPS) is 12.0. The molecule has 0 unspecified atom stereocenters. The smallest absolute Gasteiger partial charge is 0.252 e. The van der Waals surface area contributed by atoms with Crippen molar-refractivity contribution in [2.24, 2.45) is 0 Å². The molecule has 21 heavy (non-hydrogen) atoms. The third-order valence-corrected chi connectivity index (χ3v) is 6.46. The maximum absolute atomic E-state index is 12.5. The van der Waals surface area contributed by atoms with Crippen LogP contribution in [0.15, 0.2) is 40.2 Å². The van der Waals surface area contributed by atoms with Gasteiger partial charge in [-0.1, -0.05) is 0 Å². The van der Waals surface area contributed by atoms with E-state index in [4.69, 9.17) is 0 Å². The van der Waals surface area contributed by atoms with Gasteiger partial charge in [-0.05, 0) is 48.2 Å². The first kappa shape index (κ1) is 16.1. The number of nitrogens with one attached hydrogen (secondary N) is 1. The van der Waals surface area contributed by atoms with E-state index in [2.05, 4.69) is 10.3 Å². The van der Waals surface area contributed by atoms with Gasteiger partial charge in [-0.25, -0.2) is 8.42 Å². The van der Waals surface area contributed by atoms with E-state index in [1.165, 1.54) is 15.6 Å². The zero-order chi connectivity index (χ0) is 15.3. The molecule has 0 spiro atoms. The molecular formula is C14H19N3O2S2. The van der Waals surface area contributed by atoms with Crippen LogP contribution in [0.25, 0.3) is 0 Å². The van der Waals surface area contributed by atoms with Crippen molar-refractivity contribution in [2.45, 2.75) is 17.2 Å². The third-order valence-electron chi connectivity index (χ3n) is 3.14. The number of hydrogen-bond donors (Lipinski definition) is 1. The second kappa shape index (κ2) is 7.13. The lowest BCUT2D eigenvalue weighted by molar-refractivity contribution is 0.474. The van der Waals surface area contributed by atoms with Crippen LogP contribution in [0.1, 0.15) is 11.1 Å². The lowest BCUT2D eigenvalue weighted by Gasteiger charge is -2.15. The van der Waals surface area contributed by atoms with Gasteiger partial charge in [-0.15, -0.1) is 11.3 Å². The van der Waals surface area contributed by atoms with Gasteiger partial charge in [0.15, 0.2) is 0 Å². The van der Waals surface area contributed by atoms with E-state index >= 15 is 0 Å². The van der Waals surface area contributed by atoms with Crippen LogP contribution in [0, 0.1) is 0 Å². The van der Waals surface area contributed by atoms with E-state index < -0.39 is 10.0 Å². The molecule has 0 aliphatic carbocycles. The topological polar surface area (TPSA) is 62.3 Å². The summed E-state index contributed by atoms with van der Waals surface area (Å²) in [6, 6.07) is 5.53. The largest absolute Gasteiger partial charge is 0.316 e. The van der Waals surface area contributed by atoms with Crippen LogP contribution >= 0.6 is 11.3 Å². The van der Waals surface area contributed by atoms with Crippen molar-refractivity contribution in [3.05, 3.63) is 47.1 Å². The first-order chi connectivity index (χ1) is 10.0. The fourth-order valence-electron chi connectivity index (χ4n) is 1.90. The van der Waals surface area contributed by atoms with Crippen molar-refractivity contribution in [2.75, 3.05) is 20.6 Å². The van der Waals surface area contributed by atoms with Crippen molar-refractivity contribution in [3.8, 4) is 0 Å². The van der Waals surface area contributed by atoms with Gasteiger partial charge in [0.05, 0.1) is 0 Å². The molecule has 2 heterocycles. The molecule has 0 atom stereocenters. The summed E-state index contributed by atoms with van der Waals surface area (Å²) in [6.45, 7) is 1.12. The van der Waals surface area contributed by atoms with E-state index in [-0.39, 0.29) is 0 Å². The first-order valence-electron chi connectivity index (χ1n) is 6.61. The third kappa shape index (κ3) is 4.10. The number of sulfonamides is 1. The van der Waals surface area contributed by atoms with Crippen LogP contribution in [0.2, 0.25) is 0 Å². The molecule has 0 aliphatic heterocycles. The van der Waals surface area contributed by atoms with Crippen LogP contribution in [0.4, 0.5) is 0 Å². The summed E-state index contributed by atoms with van der Waals surface area (Å²) < 4.78 is 26.7. The van der Waals surface area contributed by atoms with Crippen LogP contribution in [-0.2, 0) is 23.0 Å². The Bertz CT molecular complexity index is 669. The molecule has 0 radical (unpaired) electrons.